The van der Waals surface area contributed by atoms with Crippen LogP contribution >= 0.6 is 0 Å². The molecule has 0 aliphatic carbocycles. The Hall–Kier alpha value is -1.75. The zero-order valence-electron chi connectivity index (χ0n) is 9.58. The molecule has 3 heterocycles. The van der Waals surface area contributed by atoms with Crippen molar-refractivity contribution in [2.45, 2.75) is 18.8 Å². The van der Waals surface area contributed by atoms with Gasteiger partial charge in [-0.1, -0.05) is 6.07 Å². The fraction of sp³-hybridized carbons (Fsp3) is 0.417. The fourth-order valence-corrected chi connectivity index (χ4v) is 2.26. The molecule has 0 amide bonds. The molecule has 88 valence electrons. The van der Waals surface area contributed by atoms with E-state index in [1.54, 1.807) is 12.5 Å². The molecule has 0 aromatic carbocycles. The third-order valence-corrected chi connectivity index (χ3v) is 3.10. The van der Waals surface area contributed by atoms with E-state index in [1.807, 2.05) is 22.9 Å². The second-order valence-corrected chi connectivity index (χ2v) is 4.26. The molecule has 5 heteroatoms. The molecule has 1 N–H and O–H groups in total. The number of nitrogens with one attached hydrogen (secondary N) is 1. The highest BCUT2D eigenvalue weighted by Crippen LogP contribution is 2.22. The lowest BCUT2D eigenvalue weighted by Crippen LogP contribution is -2.30. The number of nitrogens with zero attached hydrogens (tertiary/aromatic N) is 4. The van der Waals surface area contributed by atoms with Crippen LogP contribution in [0, 0.1) is 0 Å². The highest BCUT2D eigenvalue weighted by Gasteiger charge is 2.21. The van der Waals surface area contributed by atoms with Gasteiger partial charge in [0.15, 0.2) is 5.82 Å². The van der Waals surface area contributed by atoms with Gasteiger partial charge in [-0.05, 0) is 31.5 Å². The summed E-state index contributed by atoms with van der Waals surface area (Å²) in [6.45, 7) is 2.08. The zero-order valence-corrected chi connectivity index (χ0v) is 9.58. The van der Waals surface area contributed by atoms with Gasteiger partial charge in [-0.2, -0.15) is 9.78 Å². The van der Waals surface area contributed by atoms with E-state index in [0.29, 0.717) is 5.92 Å². The molecule has 0 spiro atoms. The molecule has 1 unspecified atom stereocenters. The maximum atomic E-state index is 4.39. The van der Waals surface area contributed by atoms with Gasteiger partial charge in [0.2, 0.25) is 0 Å². The summed E-state index contributed by atoms with van der Waals surface area (Å²) < 4.78 is 1.84. The van der Waals surface area contributed by atoms with Gasteiger partial charge in [-0.15, -0.1) is 0 Å². The van der Waals surface area contributed by atoms with E-state index in [4.69, 9.17) is 0 Å². The standard InChI is InChI=1S/C12H15N5/c1-2-7-14-11(5-1)17-12(15-9-16-17)10-4-3-6-13-8-10/h1-2,5,7,9-10,13H,3-4,6,8H2. The molecule has 0 radical (unpaired) electrons. The number of piperidine rings is 1. The van der Waals surface area contributed by atoms with Gasteiger partial charge in [-0.3, -0.25) is 0 Å². The van der Waals surface area contributed by atoms with Gasteiger partial charge >= 0.3 is 0 Å². The summed E-state index contributed by atoms with van der Waals surface area (Å²) in [5.41, 5.74) is 0. The molecule has 2 aromatic heterocycles. The summed E-state index contributed by atoms with van der Waals surface area (Å²) in [5.74, 6) is 2.29. The molecule has 0 saturated carbocycles. The van der Waals surface area contributed by atoms with Gasteiger partial charge in [0.25, 0.3) is 0 Å². The lowest BCUT2D eigenvalue weighted by Gasteiger charge is -2.22. The lowest BCUT2D eigenvalue weighted by molar-refractivity contribution is 0.439. The Bertz CT molecular complexity index is 473. The smallest absolute Gasteiger partial charge is 0.155 e. The van der Waals surface area contributed by atoms with Crippen LogP contribution in [0.1, 0.15) is 24.6 Å². The van der Waals surface area contributed by atoms with Crippen LogP contribution < -0.4 is 5.32 Å². The predicted molar refractivity (Wildman–Crippen MR) is 64.0 cm³/mol. The Balaban J connectivity index is 1.93. The summed E-state index contributed by atoms with van der Waals surface area (Å²) in [4.78, 5) is 8.70. The molecule has 0 bridgehead atoms. The Morgan fingerprint density at radius 3 is 3.06 bits per heavy atom. The average Bonchev–Trinajstić information content (AvgIpc) is 2.90. The van der Waals surface area contributed by atoms with E-state index in [1.165, 1.54) is 12.8 Å². The van der Waals surface area contributed by atoms with Crippen molar-refractivity contribution in [2.75, 3.05) is 13.1 Å². The second-order valence-electron chi connectivity index (χ2n) is 4.26. The molecule has 5 nitrogen and oxygen atoms in total. The molecule has 3 rings (SSSR count). The lowest BCUT2D eigenvalue weighted by atomic mass is 9.99. The Kier molecular flexibility index (Phi) is 2.83. The molecular formula is C12H15N5. The van der Waals surface area contributed by atoms with Gasteiger partial charge in [-0.25, -0.2) is 9.97 Å². The van der Waals surface area contributed by atoms with Crippen molar-refractivity contribution < 1.29 is 0 Å². The van der Waals surface area contributed by atoms with Gasteiger partial charge in [0.1, 0.15) is 12.2 Å². The Labute approximate surface area is 99.9 Å². The van der Waals surface area contributed by atoms with Crippen molar-refractivity contribution in [1.82, 2.24) is 25.1 Å². The zero-order chi connectivity index (χ0) is 11.5. The molecule has 1 aliphatic rings. The number of hydrogen-bond acceptors (Lipinski definition) is 4. The first-order valence-corrected chi connectivity index (χ1v) is 5.97. The highest BCUT2D eigenvalue weighted by atomic mass is 15.4. The van der Waals surface area contributed by atoms with Gasteiger partial charge < -0.3 is 5.32 Å². The normalized spacial score (nSPS) is 20.4. The van der Waals surface area contributed by atoms with E-state index >= 15 is 0 Å². The monoisotopic (exact) mass is 229 g/mol. The maximum absolute atomic E-state index is 4.39. The van der Waals surface area contributed by atoms with Crippen LogP contribution in [-0.2, 0) is 0 Å². The van der Waals surface area contributed by atoms with E-state index in [-0.39, 0.29) is 0 Å². The minimum absolute atomic E-state index is 0.438. The van der Waals surface area contributed by atoms with Crippen LogP contribution in [0.3, 0.4) is 0 Å². The van der Waals surface area contributed by atoms with Crippen molar-refractivity contribution >= 4 is 0 Å². The first kappa shape index (κ1) is 10.4. The van der Waals surface area contributed by atoms with Gasteiger partial charge in [0, 0.05) is 18.7 Å². The van der Waals surface area contributed by atoms with E-state index in [0.717, 1.165) is 24.7 Å². The number of pyridine rings is 1. The average molecular weight is 229 g/mol. The summed E-state index contributed by atoms with van der Waals surface area (Å²) in [5, 5.41) is 7.68. The van der Waals surface area contributed by atoms with Crippen LogP contribution in [0.25, 0.3) is 5.82 Å². The quantitative estimate of drug-likeness (QED) is 0.838. The van der Waals surface area contributed by atoms with Crippen LogP contribution in [-0.4, -0.2) is 32.8 Å². The molecule has 1 atom stereocenters. The van der Waals surface area contributed by atoms with Crippen LogP contribution in [0.15, 0.2) is 30.7 Å². The molecule has 1 aliphatic heterocycles. The summed E-state index contributed by atoms with van der Waals surface area (Å²) >= 11 is 0. The molecular weight excluding hydrogens is 214 g/mol. The molecule has 17 heavy (non-hydrogen) atoms. The summed E-state index contributed by atoms with van der Waals surface area (Å²) in [6, 6.07) is 5.82. The topological polar surface area (TPSA) is 55.6 Å². The third kappa shape index (κ3) is 2.06. The van der Waals surface area contributed by atoms with Gasteiger partial charge in [0.05, 0.1) is 0 Å². The number of rotatable bonds is 2. The minimum Gasteiger partial charge on any atom is -0.316 e. The summed E-state index contributed by atoms with van der Waals surface area (Å²) in [7, 11) is 0. The first-order valence-electron chi connectivity index (χ1n) is 5.97. The SMILES string of the molecule is c1ccc(-n2ncnc2C2CCCNC2)nc1. The fourth-order valence-electron chi connectivity index (χ4n) is 2.26. The first-order chi connectivity index (χ1) is 8.45. The summed E-state index contributed by atoms with van der Waals surface area (Å²) in [6.07, 6.45) is 5.75. The molecule has 1 fully saturated rings. The number of hydrogen-bond donors (Lipinski definition) is 1. The van der Waals surface area contributed by atoms with Crippen molar-refractivity contribution in [3.8, 4) is 5.82 Å². The second kappa shape index (κ2) is 4.63. The Morgan fingerprint density at radius 1 is 1.29 bits per heavy atom. The van der Waals surface area contributed by atoms with Crippen LogP contribution in [0.2, 0.25) is 0 Å². The van der Waals surface area contributed by atoms with E-state index < -0.39 is 0 Å². The number of aromatic nitrogens is 4. The Morgan fingerprint density at radius 2 is 2.29 bits per heavy atom. The van der Waals surface area contributed by atoms with Crippen LogP contribution in [0.4, 0.5) is 0 Å². The van der Waals surface area contributed by atoms with Crippen LogP contribution in [0.5, 0.6) is 0 Å². The van der Waals surface area contributed by atoms with Crippen molar-refractivity contribution in [3.63, 3.8) is 0 Å². The minimum atomic E-state index is 0.438. The molecule has 2 aromatic rings. The predicted octanol–water partition coefficient (Wildman–Crippen LogP) is 1.13. The van der Waals surface area contributed by atoms with E-state index in [9.17, 15) is 0 Å². The van der Waals surface area contributed by atoms with Crippen molar-refractivity contribution in [1.29, 1.82) is 0 Å². The highest BCUT2D eigenvalue weighted by molar-refractivity contribution is 5.22. The third-order valence-electron chi connectivity index (χ3n) is 3.10. The van der Waals surface area contributed by atoms with Crippen molar-refractivity contribution in [3.05, 3.63) is 36.5 Å². The van der Waals surface area contributed by atoms with E-state index in [2.05, 4.69) is 20.4 Å². The van der Waals surface area contributed by atoms with Crippen molar-refractivity contribution in [2.24, 2.45) is 0 Å². The molecule has 1 saturated heterocycles. The largest absolute Gasteiger partial charge is 0.316 e. The maximum Gasteiger partial charge on any atom is 0.155 e.